The second-order valence-corrected chi connectivity index (χ2v) is 7.36. The molecule has 0 unspecified atom stereocenters. The highest BCUT2D eigenvalue weighted by atomic mass is 32.1. The maximum Gasteiger partial charge on any atom is 0.251 e. The van der Waals surface area contributed by atoms with Crippen LogP contribution in [0.4, 0.5) is 0 Å². The second kappa shape index (κ2) is 10.2. The number of aromatic nitrogens is 1. The van der Waals surface area contributed by atoms with E-state index in [4.69, 9.17) is 18.6 Å². The van der Waals surface area contributed by atoms with Gasteiger partial charge < -0.3 is 23.9 Å². The summed E-state index contributed by atoms with van der Waals surface area (Å²) in [7, 11) is 0. The predicted octanol–water partition coefficient (Wildman–Crippen LogP) is 4.84. The quantitative estimate of drug-likeness (QED) is 0.496. The molecule has 0 saturated heterocycles. The summed E-state index contributed by atoms with van der Waals surface area (Å²) in [5, 5.41) is 5.79. The Morgan fingerprint density at radius 3 is 2.30 bits per heavy atom. The molecule has 0 saturated carbocycles. The van der Waals surface area contributed by atoms with Gasteiger partial charge in [0.05, 0.1) is 31.4 Å². The fourth-order valence-electron chi connectivity index (χ4n) is 2.88. The molecule has 0 aliphatic carbocycles. The van der Waals surface area contributed by atoms with Crippen LogP contribution in [0.2, 0.25) is 0 Å². The van der Waals surface area contributed by atoms with Crippen molar-refractivity contribution in [2.75, 3.05) is 19.8 Å². The van der Waals surface area contributed by atoms with Crippen LogP contribution in [-0.2, 0) is 6.54 Å². The van der Waals surface area contributed by atoms with Crippen molar-refractivity contribution in [3.63, 3.8) is 0 Å². The molecule has 3 aromatic rings. The highest BCUT2D eigenvalue weighted by Crippen LogP contribution is 2.39. The Bertz CT molecular complexity index is 968. The number of carbonyl (C=O) groups excluding carboxylic acids is 1. The van der Waals surface area contributed by atoms with E-state index in [2.05, 4.69) is 10.3 Å². The number of amides is 1. The highest BCUT2D eigenvalue weighted by Gasteiger charge is 2.18. The van der Waals surface area contributed by atoms with Crippen LogP contribution < -0.4 is 19.5 Å². The number of hydrogen-bond donors (Lipinski definition) is 1. The lowest BCUT2D eigenvalue weighted by atomic mass is 10.1. The number of thiazole rings is 1. The minimum Gasteiger partial charge on any atom is -0.490 e. The average Bonchev–Trinajstić information content (AvgIpc) is 3.37. The predicted molar refractivity (Wildman–Crippen MR) is 116 cm³/mol. The van der Waals surface area contributed by atoms with Gasteiger partial charge in [-0.1, -0.05) is 0 Å². The Morgan fingerprint density at radius 2 is 1.73 bits per heavy atom. The minimum absolute atomic E-state index is 0.253. The molecule has 0 radical (unpaired) electrons. The largest absolute Gasteiger partial charge is 0.490 e. The fourth-order valence-corrected chi connectivity index (χ4v) is 3.48. The number of nitrogens with zero attached hydrogens (tertiary/aromatic N) is 1. The van der Waals surface area contributed by atoms with Gasteiger partial charge in [-0.15, -0.1) is 11.3 Å². The van der Waals surface area contributed by atoms with Gasteiger partial charge in [0.2, 0.25) is 5.75 Å². The Labute approximate surface area is 180 Å². The van der Waals surface area contributed by atoms with Gasteiger partial charge in [-0.05, 0) is 52.0 Å². The Kier molecular flexibility index (Phi) is 7.35. The number of nitrogens with one attached hydrogen (secondary N) is 1. The third-order valence-electron chi connectivity index (χ3n) is 4.13. The molecule has 0 bridgehead atoms. The third-order valence-corrected chi connectivity index (χ3v) is 4.90. The molecule has 0 fully saturated rings. The van der Waals surface area contributed by atoms with E-state index in [9.17, 15) is 4.79 Å². The lowest BCUT2D eigenvalue weighted by Gasteiger charge is -2.17. The Balaban J connectivity index is 1.75. The lowest BCUT2D eigenvalue weighted by molar-refractivity contribution is 0.0947. The van der Waals surface area contributed by atoms with Crippen molar-refractivity contribution in [3.05, 3.63) is 46.0 Å². The van der Waals surface area contributed by atoms with Crippen LogP contribution >= 0.6 is 11.3 Å². The zero-order chi connectivity index (χ0) is 21.5. The molecule has 7 nitrogen and oxygen atoms in total. The van der Waals surface area contributed by atoms with E-state index in [0.29, 0.717) is 54.2 Å². The first-order chi connectivity index (χ1) is 14.5. The number of rotatable bonds is 10. The molecule has 0 aliphatic heterocycles. The first kappa shape index (κ1) is 21.7. The molecule has 1 N–H and O–H groups in total. The van der Waals surface area contributed by atoms with Crippen molar-refractivity contribution in [3.8, 4) is 28.7 Å². The highest BCUT2D eigenvalue weighted by molar-refractivity contribution is 7.09. The van der Waals surface area contributed by atoms with Crippen LogP contribution in [0, 0.1) is 6.92 Å². The van der Waals surface area contributed by atoms with Gasteiger partial charge >= 0.3 is 0 Å². The summed E-state index contributed by atoms with van der Waals surface area (Å²) in [5.74, 6) is 2.53. The van der Waals surface area contributed by atoms with Crippen molar-refractivity contribution >= 4 is 17.2 Å². The summed E-state index contributed by atoms with van der Waals surface area (Å²) < 4.78 is 22.8. The standard InChI is InChI=1S/C22H26N2O5S/c1-5-26-19-10-15(11-20(27-6-2)21(19)28-7-3)22(25)23-12-16-8-9-18(29-16)17-13-30-14(4)24-17/h8-11,13H,5-7,12H2,1-4H3,(H,23,25). The summed E-state index contributed by atoms with van der Waals surface area (Å²) in [6, 6.07) is 7.02. The summed E-state index contributed by atoms with van der Waals surface area (Å²) in [6.45, 7) is 9.19. The van der Waals surface area contributed by atoms with E-state index in [-0.39, 0.29) is 12.5 Å². The molecular formula is C22H26N2O5S. The average molecular weight is 431 g/mol. The number of hydrogen-bond acceptors (Lipinski definition) is 7. The van der Waals surface area contributed by atoms with Crippen LogP contribution in [0.3, 0.4) is 0 Å². The van der Waals surface area contributed by atoms with Crippen LogP contribution in [0.1, 0.15) is 41.9 Å². The molecule has 0 aliphatic rings. The normalized spacial score (nSPS) is 10.7. The lowest BCUT2D eigenvalue weighted by Crippen LogP contribution is -2.22. The maximum atomic E-state index is 12.8. The van der Waals surface area contributed by atoms with Gasteiger partial charge in [0, 0.05) is 10.9 Å². The summed E-state index contributed by atoms with van der Waals surface area (Å²) >= 11 is 1.56. The van der Waals surface area contributed by atoms with Gasteiger partial charge in [-0.25, -0.2) is 4.98 Å². The third kappa shape index (κ3) is 5.13. The molecule has 2 aromatic heterocycles. The topological polar surface area (TPSA) is 82.8 Å². The maximum absolute atomic E-state index is 12.8. The molecule has 1 aromatic carbocycles. The van der Waals surface area contributed by atoms with Gasteiger partial charge in [-0.3, -0.25) is 4.79 Å². The summed E-state index contributed by atoms with van der Waals surface area (Å²) in [6.07, 6.45) is 0. The van der Waals surface area contributed by atoms with Crippen molar-refractivity contribution in [1.29, 1.82) is 0 Å². The van der Waals surface area contributed by atoms with E-state index in [1.54, 1.807) is 23.5 Å². The van der Waals surface area contributed by atoms with Crippen molar-refractivity contribution < 1.29 is 23.4 Å². The van der Waals surface area contributed by atoms with Crippen LogP contribution in [0.15, 0.2) is 34.1 Å². The van der Waals surface area contributed by atoms with E-state index in [1.807, 2.05) is 45.2 Å². The number of carbonyl (C=O) groups is 1. The number of ether oxygens (including phenoxy) is 3. The molecule has 1 amide bonds. The second-order valence-electron chi connectivity index (χ2n) is 6.30. The Morgan fingerprint density at radius 1 is 1.07 bits per heavy atom. The summed E-state index contributed by atoms with van der Waals surface area (Å²) in [4.78, 5) is 17.2. The Hall–Kier alpha value is -3.00. The zero-order valence-corrected chi connectivity index (χ0v) is 18.4. The van der Waals surface area contributed by atoms with E-state index < -0.39 is 0 Å². The number of benzene rings is 1. The first-order valence-electron chi connectivity index (χ1n) is 9.91. The van der Waals surface area contributed by atoms with Gasteiger partial charge in [0.15, 0.2) is 17.3 Å². The minimum atomic E-state index is -0.262. The molecular weight excluding hydrogens is 404 g/mol. The number of aryl methyl sites for hydroxylation is 1. The molecule has 0 spiro atoms. The monoisotopic (exact) mass is 430 g/mol. The van der Waals surface area contributed by atoms with E-state index >= 15 is 0 Å². The van der Waals surface area contributed by atoms with E-state index in [1.165, 1.54) is 0 Å². The molecule has 8 heteroatoms. The molecule has 3 rings (SSSR count). The van der Waals surface area contributed by atoms with Gasteiger partial charge in [-0.2, -0.15) is 0 Å². The molecule has 2 heterocycles. The van der Waals surface area contributed by atoms with Gasteiger partial charge in [0.1, 0.15) is 11.5 Å². The van der Waals surface area contributed by atoms with Crippen molar-refractivity contribution in [2.45, 2.75) is 34.2 Å². The van der Waals surface area contributed by atoms with Crippen LogP contribution in [0.5, 0.6) is 17.2 Å². The van der Waals surface area contributed by atoms with Crippen molar-refractivity contribution in [1.82, 2.24) is 10.3 Å². The molecule has 160 valence electrons. The number of furan rings is 1. The molecule has 30 heavy (non-hydrogen) atoms. The van der Waals surface area contributed by atoms with E-state index in [0.717, 1.165) is 10.7 Å². The first-order valence-corrected chi connectivity index (χ1v) is 10.8. The smallest absolute Gasteiger partial charge is 0.251 e. The van der Waals surface area contributed by atoms with Crippen molar-refractivity contribution in [2.24, 2.45) is 0 Å². The molecule has 0 atom stereocenters. The SMILES string of the molecule is CCOc1cc(C(=O)NCc2ccc(-c3csc(C)n3)o2)cc(OCC)c1OCC. The zero-order valence-electron chi connectivity index (χ0n) is 17.6. The van der Waals surface area contributed by atoms with Gasteiger partial charge in [0.25, 0.3) is 5.91 Å². The van der Waals surface area contributed by atoms with Crippen LogP contribution in [0.25, 0.3) is 11.5 Å². The fraction of sp³-hybridized carbons (Fsp3) is 0.364. The van der Waals surface area contributed by atoms with Crippen LogP contribution in [-0.4, -0.2) is 30.7 Å². The summed E-state index contributed by atoms with van der Waals surface area (Å²) in [5.41, 5.74) is 1.22.